The maximum absolute atomic E-state index is 12.8. The molecule has 1 aliphatic heterocycles. The zero-order valence-electron chi connectivity index (χ0n) is 25.2. The van der Waals surface area contributed by atoms with Crippen molar-refractivity contribution in [3.63, 3.8) is 0 Å². The maximum atomic E-state index is 12.8. The number of rotatable bonds is 5. The Hall–Kier alpha value is -3.20. The van der Waals surface area contributed by atoms with Crippen LogP contribution >= 0.6 is 0 Å². The molecular weight excluding hydrogens is 495 g/mol. The monoisotopic (exact) mass is 528 g/mol. The number of anilines is 1. The lowest BCUT2D eigenvalue weighted by Crippen LogP contribution is -2.86. The Morgan fingerprint density at radius 1 is 0.975 bits per heavy atom. The number of hydrogen-bond acceptors (Lipinski definition) is 7. The fourth-order valence-corrected chi connectivity index (χ4v) is 5.58. The summed E-state index contributed by atoms with van der Waals surface area (Å²) < 4.78 is 14.6. The lowest BCUT2D eigenvalue weighted by atomic mass is 9.30. The van der Waals surface area contributed by atoms with Crippen LogP contribution in [0.5, 0.6) is 0 Å². The number of nitrogens with one attached hydrogen (secondary N) is 1. The predicted molar refractivity (Wildman–Crippen MR) is 180 cm³/mol. The SMILES string of the molecule is BC1(B)OC(B)(B)C(B)(B)N(c2nc(-n3cc(-c4cccc(C)c4)cn3)nc3cc(C(=O)NCC)oc23)C1(B)B. The Morgan fingerprint density at radius 2 is 1.65 bits per heavy atom. The van der Waals surface area contributed by atoms with Gasteiger partial charge in [0.15, 0.2) is 17.2 Å². The van der Waals surface area contributed by atoms with Gasteiger partial charge in [-0.3, -0.25) is 4.79 Å². The van der Waals surface area contributed by atoms with Crippen LogP contribution in [0.4, 0.5) is 5.82 Å². The summed E-state index contributed by atoms with van der Waals surface area (Å²) in [7, 11) is 17.0. The molecule has 1 aliphatic rings. The van der Waals surface area contributed by atoms with Crippen molar-refractivity contribution in [3.8, 4) is 17.1 Å². The van der Waals surface area contributed by atoms with Gasteiger partial charge in [-0.15, -0.1) is 0 Å². The second-order valence-electron chi connectivity index (χ2n) is 12.7. The van der Waals surface area contributed by atoms with Crippen LogP contribution in [0, 0.1) is 6.92 Å². The molecule has 9 nitrogen and oxygen atoms in total. The molecule has 1 N–H and O–H groups in total. The van der Waals surface area contributed by atoms with Crippen molar-refractivity contribution >= 4 is 85.6 Å². The molecule has 0 bridgehead atoms. The van der Waals surface area contributed by atoms with Crippen molar-refractivity contribution in [3.05, 3.63) is 54.0 Å². The Balaban J connectivity index is 1.75. The number of aryl methyl sites for hydroxylation is 1. The third-order valence-electron chi connectivity index (χ3n) is 8.83. The largest absolute Gasteiger partial charge is 0.445 e. The van der Waals surface area contributed by atoms with Crippen LogP contribution in [0.1, 0.15) is 23.0 Å². The number of carbonyl (C=O) groups excluding carboxylic acids is 1. The van der Waals surface area contributed by atoms with E-state index in [4.69, 9.17) is 19.1 Å². The van der Waals surface area contributed by atoms with E-state index in [0.29, 0.717) is 29.4 Å². The molecule has 4 heterocycles. The van der Waals surface area contributed by atoms with Crippen LogP contribution < -0.4 is 10.2 Å². The molecule has 0 radical (unpaired) electrons. The summed E-state index contributed by atoms with van der Waals surface area (Å²) in [5.74, 6) is 0.865. The van der Waals surface area contributed by atoms with Crippen LogP contribution in [0.25, 0.3) is 28.2 Å². The van der Waals surface area contributed by atoms with E-state index in [2.05, 4.69) is 103 Å². The fraction of sp³-hybridized carbons (Fsp3) is 0.304. The van der Waals surface area contributed by atoms with Gasteiger partial charge in [0, 0.05) is 35.2 Å². The van der Waals surface area contributed by atoms with Gasteiger partial charge in [0.2, 0.25) is 0 Å². The number of amides is 1. The van der Waals surface area contributed by atoms with E-state index in [1.807, 2.05) is 25.4 Å². The highest BCUT2D eigenvalue weighted by Gasteiger charge is 2.59. The Bertz CT molecular complexity index is 1590. The topological polar surface area (TPSA) is 98.3 Å². The van der Waals surface area contributed by atoms with Gasteiger partial charge < -0.3 is 19.4 Å². The van der Waals surface area contributed by atoms with Crippen molar-refractivity contribution in [2.75, 3.05) is 11.4 Å². The Morgan fingerprint density at radius 3 is 2.27 bits per heavy atom. The predicted octanol–water partition coefficient (Wildman–Crippen LogP) is -5.35. The van der Waals surface area contributed by atoms with Crippen LogP contribution in [0.2, 0.25) is 0 Å². The summed E-state index contributed by atoms with van der Waals surface area (Å²) in [4.78, 5) is 25.0. The lowest BCUT2D eigenvalue weighted by molar-refractivity contribution is -0.0256. The minimum atomic E-state index is -0.553. The van der Waals surface area contributed by atoms with Crippen molar-refractivity contribution in [1.29, 1.82) is 0 Å². The van der Waals surface area contributed by atoms with E-state index < -0.39 is 21.5 Å². The van der Waals surface area contributed by atoms with Gasteiger partial charge in [-0.2, -0.15) is 10.1 Å². The normalized spacial score (nSPS) is 18.9. The quantitative estimate of drug-likeness (QED) is 0.259. The molecule has 0 saturated carbocycles. The molecule has 0 atom stereocenters. The van der Waals surface area contributed by atoms with Gasteiger partial charge in [0.25, 0.3) is 11.9 Å². The van der Waals surface area contributed by atoms with Crippen molar-refractivity contribution in [1.82, 2.24) is 25.1 Å². The number of fused-ring (bicyclic) bond motifs is 1. The van der Waals surface area contributed by atoms with Gasteiger partial charge in [-0.1, -0.05) is 29.8 Å². The van der Waals surface area contributed by atoms with Gasteiger partial charge in [-0.25, -0.2) is 9.67 Å². The van der Waals surface area contributed by atoms with E-state index in [0.717, 1.165) is 11.1 Å². The number of nitrogens with zero attached hydrogens (tertiary/aromatic N) is 5. The van der Waals surface area contributed by atoms with E-state index in [1.54, 1.807) is 10.7 Å². The summed E-state index contributed by atoms with van der Waals surface area (Å²) in [6.07, 6.45) is 3.74. The molecular formula is C23H32B8N6O3. The molecule has 4 aromatic rings. The first-order valence-corrected chi connectivity index (χ1v) is 13.8. The number of aromatic nitrogens is 4. The van der Waals surface area contributed by atoms with Crippen LogP contribution in [0.3, 0.4) is 0 Å². The average Bonchev–Trinajstić information content (AvgIpc) is 3.50. The van der Waals surface area contributed by atoms with E-state index in [-0.39, 0.29) is 11.7 Å². The zero-order chi connectivity index (χ0) is 29.3. The molecule has 40 heavy (non-hydrogen) atoms. The summed E-state index contributed by atoms with van der Waals surface area (Å²) in [5.41, 5.74) is 4.17. The highest BCUT2D eigenvalue weighted by molar-refractivity contribution is 6.61. The molecule has 196 valence electrons. The van der Waals surface area contributed by atoms with E-state index in [1.165, 1.54) is 5.56 Å². The molecule has 1 fully saturated rings. The van der Waals surface area contributed by atoms with Crippen LogP contribution in [-0.4, -0.2) is 116 Å². The van der Waals surface area contributed by atoms with Gasteiger partial charge >= 0.3 is 0 Å². The third kappa shape index (κ3) is 4.42. The van der Waals surface area contributed by atoms with Crippen molar-refractivity contribution in [2.24, 2.45) is 0 Å². The number of hydrogen-bond donors (Lipinski definition) is 1. The minimum Gasteiger partial charge on any atom is -0.445 e. The first-order chi connectivity index (χ1) is 18.6. The molecule has 17 heteroatoms. The summed E-state index contributed by atoms with van der Waals surface area (Å²) in [6.45, 7) is 4.42. The highest BCUT2D eigenvalue weighted by atomic mass is 16.5. The van der Waals surface area contributed by atoms with Gasteiger partial charge in [0.05, 0.1) is 6.20 Å². The van der Waals surface area contributed by atoms with Crippen LogP contribution in [0.15, 0.2) is 47.1 Å². The Labute approximate surface area is 242 Å². The molecule has 0 unspecified atom stereocenters. The summed E-state index contributed by atoms with van der Waals surface area (Å²) in [6, 6.07) is 9.95. The first kappa shape index (κ1) is 28.3. The third-order valence-corrected chi connectivity index (χ3v) is 8.83. The summed E-state index contributed by atoms with van der Waals surface area (Å²) in [5, 5.41) is 5.28. The highest BCUT2D eigenvalue weighted by Crippen LogP contribution is 2.44. The fourth-order valence-electron chi connectivity index (χ4n) is 5.58. The molecule has 1 amide bonds. The number of furan rings is 1. The lowest BCUT2D eigenvalue weighted by Gasteiger charge is -2.69. The first-order valence-electron chi connectivity index (χ1n) is 13.8. The minimum absolute atomic E-state index is 0.188. The molecule has 0 aliphatic carbocycles. The smallest absolute Gasteiger partial charge is 0.287 e. The second kappa shape index (κ2) is 9.43. The second-order valence-corrected chi connectivity index (χ2v) is 12.7. The number of benzene rings is 1. The molecule has 0 spiro atoms. The van der Waals surface area contributed by atoms with E-state index >= 15 is 0 Å². The zero-order valence-corrected chi connectivity index (χ0v) is 25.2. The number of morpholine rings is 1. The molecule has 1 aromatic carbocycles. The van der Waals surface area contributed by atoms with Gasteiger partial charge in [-0.05, 0) is 30.1 Å². The molecule has 3 aromatic heterocycles. The van der Waals surface area contributed by atoms with Crippen molar-refractivity contribution < 1.29 is 13.9 Å². The number of ether oxygens (including phenoxy) is 1. The van der Waals surface area contributed by atoms with Crippen LogP contribution in [-0.2, 0) is 4.74 Å². The summed E-state index contributed by atoms with van der Waals surface area (Å²) >= 11 is 0. The Kier molecular flexibility index (Phi) is 6.68. The molecule has 1 saturated heterocycles. The molecule has 5 rings (SSSR count). The standard InChI is InChI=1S/C23H32B8N6O3/c1-3-32-18(38)15-8-14-16(39-15)17(37-20(24,25)22(28,29)40-23(30,31)21(37,26)27)35-19(34-14)36-10-13(9-33-36)12-6-4-5-11(2)7-12/h4-10H,3,24-31H2,1-2H3,(H,32,38). The van der Waals surface area contributed by atoms with E-state index in [9.17, 15) is 4.79 Å². The van der Waals surface area contributed by atoms with Gasteiger partial charge in [0.1, 0.15) is 68.3 Å². The van der Waals surface area contributed by atoms with Crippen molar-refractivity contribution in [2.45, 2.75) is 35.3 Å². The number of carbonyl (C=O) groups is 1. The maximum Gasteiger partial charge on any atom is 0.287 e. The average molecular weight is 527 g/mol.